The third-order valence-corrected chi connectivity index (χ3v) is 9.50. The highest BCUT2D eigenvalue weighted by atomic mass is 19.1. The fourth-order valence-electron chi connectivity index (χ4n) is 6.74. The standard InChI is InChI=1S/C34H28F2N14O8/c35-16-6-15(5-4-13(16)7-48-11-40-26-22(48)30(55)47-34(56)43-26)41-33-42-25-21(29(54)46-33)49(10-39-25)8-14-2-1-3-17(19(14)36)57-9-18-23(51)24(52)31(58-18)50-12-38-20-27(50)44-32(37)45-28(20)53/h1-6,10-12,18,23-24,31,51-52H,7-9H2,(H3,37,44,45,53)(H2,41,42,46,54)(H2,43,47,55,56)/t18-,23-,24-,31?/m0/s1. The van der Waals surface area contributed by atoms with Crippen LogP contribution in [0.2, 0.25) is 0 Å². The molecule has 0 radical (unpaired) electrons. The number of anilines is 3. The molecule has 1 fully saturated rings. The monoisotopic (exact) mass is 798 g/mol. The number of benzene rings is 2. The molecular formula is C34H28F2N14O8. The lowest BCUT2D eigenvalue weighted by Crippen LogP contribution is -2.34. The number of hydrogen-bond acceptors (Lipinski definition) is 15. The summed E-state index contributed by atoms with van der Waals surface area (Å²) in [6, 6.07) is 8.52. The zero-order valence-electron chi connectivity index (χ0n) is 29.4. The second kappa shape index (κ2) is 13.9. The fraction of sp³-hybridized carbons (Fsp3) is 0.206. The lowest BCUT2D eigenvalue weighted by molar-refractivity contribution is -0.0478. The number of nitrogen functional groups attached to an aromatic ring is 1. The van der Waals surface area contributed by atoms with Gasteiger partial charge in [0.25, 0.3) is 16.7 Å². The molecule has 7 heterocycles. The second-order valence-corrected chi connectivity index (χ2v) is 13.2. The van der Waals surface area contributed by atoms with Gasteiger partial charge in [-0.25, -0.2) is 28.5 Å². The number of aliphatic hydroxyl groups is 2. The Kier molecular flexibility index (Phi) is 8.63. The number of nitrogens with zero attached hydrogens (tertiary/aromatic N) is 8. The van der Waals surface area contributed by atoms with Crippen LogP contribution in [0.1, 0.15) is 17.4 Å². The minimum atomic E-state index is -1.49. The maximum absolute atomic E-state index is 15.8. The van der Waals surface area contributed by atoms with Gasteiger partial charge in [-0.15, -0.1) is 0 Å². The molecule has 58 heavy (non-hydrogen) atoms. The minimum Gasteiger partial charge on any atom is -0.488 e. The molecule has 9 N–H and O–H groups in total. The highest BCUT2D eigenvalue weighted by Gasteiger charge is 2.45. The molecular weight excluding hydrogens is 770 g/mol. The van der Waals surface area contributed by atoms with Crippen LogP contribution in [0.3, 0.4) is 0 Å². The van der Waals surface area contributed by atoms with E-state index in [9.17, 15) is 29.4 Å². The molecule has 1 aliphatic rings. The van der Waals surface area contributed by atoms with Crippen LogP contribution in [-0.4, -0.2) is 93.7 Å². The Hall–Kier alpha value is -7.57. The zero-order valence-corrected chi connectivity index (χ0v) is 29.4. The van der Waals surface area contributed by atoms with Gasteiger partial charge in [0.1, 0.15) is 30.7 Å². The summed E-state index contributed by atoms with van der Waals surface area (Å²) >= 11 is 0. The van der Waals surface area contributed by atoms with Crippen molar-refractivity contribution in [3.05, 3.63) is 120 Å². The fourth-order valence-corrected chi connectivity index (χ4v) is 6.74. The van der Waals surface area contributed by atoms with E-state index in [1.807, 2.05) is 0 Å². The molecule has 0 saturated carbocycles. The summed E-state index contributed by atoms with van der Waals surface area (Å²) in [5.74, 6) is -1.86. The lowest BCUT2D eigenvalue weighted by Gasteiger charge is -2.17. The van der Waals surface area contributed by atoms with Gasteiger partial charge < -0.3 is 39.9 Å². The molecule has 4 atom stereocenters. The van der Waals surface area contributed by atoms with Crippen LogP contribution >= 0.6 is 0 Å². The Bertz CT molecular complexity index is 3150. The molecule has 1 saturated heterocycles. The Labute approximate surface area is 318 Å². The lowest BCUT2D eigenvalue weighted by atomic mass is 10.1. The topological polar surface area (TPSA) is 308 Å². The summed E-state index contributed by atoms with van der Waals surface area (Å²) in [6.07, 6.45) is -1.50. The minimum absolute atomic E-state index is 0.0139. The number of halogens is 2. The van der Waals surface area contributed by atoms with E-state index in [2.05, 4.69) is 50.2 Å². The van der Waals surface area contributed by atoms with Gasteiger partial charge in [-0.05, 0) is 18.2 Å². The normalized spacial score (nSPS) is 18.1. The highest BCUT2D eigenvalue weighted by molar-refractivity contribution is 5.73. The van der Waals surface area contributed by atoms with Crippen molar-refractivity contribution in [3.63, 3.8) is 0 Å². The van der Waals surface area contributed by atoms with Crippen molar-refractivity contribution >= 4 is 51.1 Å². The molecule has 1 unspecified atom stereocenters. The number of imidazole rings is 3. The Morgan fingerprint density at radius 3 is 2.45 bits per heavy atom. The van der Waals surface area contributed by atoms with Crippen molar-refractivity contribution in [2.45, 2.75) is 37.6 Å². The zero-order chi connectivity index (χ0) is 40.4. The molecule has 296 valence electrons. The first-order valence-corrected chi connectivity index (χ1v) is 17.2. The van der Waals surface area contributed by atoms with Crippen LogP contribution in [0.4, 0.5) is 26.4 Å². The number of aromatic amines is 4. The largest absolute Gasteiger partial charge is 0.488 e. The number of fused-ring (bicyclic) bond motifs is 3. The Morgan fingerprint density at radius 1 is 0.845 bits per heavy atom. The van der Waals surface area contributed by atoms with Crippen LogP contribution in [0.5, 0.6) is 5.75 Å². The van der Waals surface area contributed by atoms with Gasteiger partial charge in [0.15, 0.2) is 51.3 Å². The van der Waals surface area contributed by atoms with Crippen molar-refractivity contribution in [2.24, 2.45) is 0 Å². The van der Waals surface area contributed by atoms with Gasteiger partial charge in [0, 0.05) is 16.8 Å². The van der Waals surface area contributed by atoms with E-state index >= 15 is 8.78 Å². The maximum atomic E-state index is 15.8. The summed E-state index contributed by atoms with van der Waals surface area (Å²) in [7, 11) is 0. The van der Waals surface area contributed by atoms with Crippen LogP contribution < -0.4 is 38.2 Å². The van der Waals surface area contributed by atoms with E-state index < -0.39 is 58.5 Å². The predicted octanol–water partition coefficient (Wildman–Crippen LogP) is -0.322. The summed E-state index contributed by atoms with van der Waals surface area (Å²) < 4.78 is 46.5. The second-order valence-electron chi connectivity index (χ2n) is 13.2. The molecule has 8 aromatic rings. The van der Waals surface area contributed by atoms with Crippen molar-refractivity contribution < 1.29 is 28.5 Å². The molecule has 24 heteroatoms. The molecule has 0 bridgehead atoms. The molecule has 2 aromatic carbocycles. The third kappa shape index (κ3) is 6.31. The van der Waals surface area contributed by atoms with Crippen molar-refractivity contribution in [2.75, 3.05) is 17.7 Å². The number of hydrogen-bond donors (Lipinski definition) is 8. The summed E-state index contributed by atoms with van der Waals surface area (Å²) in [6.45, 7) is -0.618. The van der Waals surface area contributed by atoms with E-state index in [0.29, 0.717) is 0 Å². The van der Waals surface area contributed by atoms with Crippen LogP contribution in [0.15, 0.2) is 74.6 Å². The Morgan fingerprint density at radius 2 is 1.62 bits per heavy atom. The number of rotatable bonds is 10. The molecule has 9 rings (SSSR count). The summed E-state index contributed by atoms with van der Waals surface area (Å²) in [5.41, 5.74) is 3.71. The van der Waals surface area contributed by atoms with Crippen molar-refractivity contribution in [1.82, 2.24) is 58.6 Å². The van der Waals surface area contributed by atoms with Crippen molar-refractivity contribution in [1.29, 1.82) is 0 Å². The first-order chi connectivity index (χ1) is 27.9. The summed E-state index contributed by atoms with van der Waals surface area (Å²) in [4.78, 5) is 79.2. The third-order valence-electron chi connectivity index (χ3n) is 9.50. The molecule has 22 nitrogen and oxygen atoms in total. The van der Waals surface area contributed by atoms with E-state index in [1.165, 1.54) is 69.1 Å². The predicted molar refractivity (Wildman–Crippen MR) is 197 cm³/mol. The highest BCUT2D eigenvalue weighted by Crippen LogP contribution is 2.32. The van der Waals surface area contributed by atoms with Crippen molar-refractivity contribution in [3.8, 4) is 5.75 Å². The van der Waals surface area contributed by atoms with Crippen LogP contribution in [-0.2, 0) is 17.8 Å². The molecule has 0 spiro atoms. The van der Waals surface area contributed by atoms with E-state index in [-0.39, 0.29) is 87.6 Å². The first-order valence-electron chi connectivity index (χ1n) is 17.2. The van der Waals surface area contributed by atoms with Gasteiger partial charge in [0.2, 0.25) is 11.9 Å². The number of aromatic nitrogens is 12. The SMILES string of the molecule is Nc1nc2c(ncn2C2O[C@@H](COc3cccc(Cn4cnc5nc(Nc6ccc(Cn7cnc8[nH]c(=O)[nH]c(=O)c87)c(F)c6)[nH]c(=O)c54)c3F)[C@H](O)[C@@H]2O)c(=O)[nH]1. The number of nitrogens with two attached hydrogens (primary N) is 1. The Balaban J connectivity index is 0.877. The van der Waals surface area contributed by atoms with Gasteiger partial charge in [-0.2, -0.15) is 9.97 Å². The molecule has 0 aliphatic carbocycles. The first kappa shape index (κ1) is 36.1. The summed E-state index contributed by atoms with van der Waals surface area (Å²) in [5, 5.41) is 24.3. The average Bonchev–Trinajstić information content (AvgIpc) is 3.96. The smallest absolute Gasteiger partial charge is 0.327 e. The van der Waals surface area contributed by atoms with E-state index in [1.54, 1.807) is 0 Å². The maximum Gasteiger partial charge on any atom is 0.327 e. The molecule has 1 aliphatic heterocycles. The van der Waals surface area contributed by atoms with Crippen LogP contribution in [0, 0.1) is 11.6 Å². The van der Waals surface area contributed by atoms with Gasteiger partial charge in [-0.3, -0.25) is 38.9 Å². The quantitative estimate of drug-likeness (QED) is 0.0879. The van der Waals surface area contributed by atoms with E-state index in [0.717, 1.165) is 0 Å². The van der Waals surface area contributed by atoms with Crippen LogP contribution in [0.25, 0.3) is 33.5 Å². The number of nitrogens with one attached hydrogen (secondary N) is 5. The number of H-pyrrole nitrogens is 4. The van der Waals surface area contributed by atoms with Gasteiger partial charge in [0.05, 0.1) is 32.1 Å². The molecule has 6 aromatic heterocycles. The van der Waals surface area contributed by atoms with Gasteiger partial charge >= 0.3 is 5.69 Å². The number of aliphatic hydroxyl groups excluding tert-OH is 2. The average molecular weight is 799 g/mol. The van der Waals surface area contributed by atoms with Gasteiger partial charge in [-0.1, -0.05) is 18.2 Å². The number of ether oxygens (including phenoxy) is 2. The molecule has 0 amide bonds. The van der Waals surface area contributed by atoms with E-state index in [4.69, 9.17) is 15.2 Å².